The third kappa shape index (κ3) is 2.78. The van der Waals surface area contributed by atoms with E-state index < -0.39 is 22.5 Å². The fourth-order valence-corrected chi connectivity index (χ4v) is 2.37. The molecule has 112 valence electrons. The zero-order valence-electron chi connectivity index (χ0n) is 11.4. The van der Waals surface area contributed by atoms with Crippen LogP contribution in [0.3, 0.4) is 0 Å². The van der Waals surface area contributed by atoms with Crippen molar-refractivity contribution in [2.75, 3.05) is 11.9 Å². The Kier molecular flexibility index (Phi) is 3.79. The number of rotatable bonds is 3. The van der Waals surface area contributed by atoms with Crippen molar-refractivity contribution < 1.29 is 19.6 Å². The predicted molar refractivity (Wildman–Crippen MR) is 74.1 cm³/mol. The Hall–Kier alpha value is -2.64. The molecule has 1 aromatic carbocycles. The maximum absolute atomic E-state index is 12.2. The van der Waals surface area contributed by atoms with E-state index in [1.165, 1.54) is 36.1 Å². The average Bonchev–Trinajstić information content (AvgIpc) is 2.83. The number of nitro benzene ring substituents is 1. The minimum atomic E-state index is -1.22. The number of carboxylic acid groups (broad SMARTS) is 1. The summed E-state index contributed by atoms with van der Waals surface area (Å²) in [4.78, 5) is 34.8. The Morgan fingerprint density at radius 1 is 1.38 bits per heavy atom. The first-order valence-corrected chi connectivity index (χ1v) is 6.41. The van der Waals surface area contributed by atoms with Gasteiger partial charge in [0.25, 0.3) is 5.69 Å². The van der Waals surface area contributed by atoms with Gasteiger partial charge in [-0.05, 0) is 31.9 Å². The second kappa shape index (κ2) is 5.39. The number of hydrogen-bond acceptors (Lipinski definition) is 4. The van der Waals surface area contributed by atoms with Crippen molar-refractivity contribution in [3.8, 4) is 0 Å². The van der Waals surface area contributed by atoms with E-state index >= 15 is 0 Å². The van der Waals surface area contributed by atoms with Crippen LogP contribution < -0.4 is 5.32 Å². The molecule has 1 aromatic rings. The number of carboxylic acids is 1. The van der Waals surface area contributed by atoms with Crippen LogP contribution >= 0.6 is 0 Å². The van der Waals surface area contributed by atoms with Crippen LogP contribution in [0, 0.1) is 10.1 Å². The Bertz CT molecular complexity index is 586. The van der Waals surface area contributed by atoms with Crippen LogP contribution in [0.2, 0.25) is 0 Å². The van der Waals surface area contributed by atoms with E-state index in [0.29, 0.717) is 25.1 Å². The Balaban J connectivity index is 2.11. The highest BCUT2D eigenvalue weighted by molar-refractivity contribution is 5.94. The van der Waals surface area contributed by atoms with Crippen molar-refractivity contribution in [2.45, 2.75) is 25.3 Å². The molecule has 1 aliphatic heterocycles. The van der Waals surface area contributed by atoms with E-state index in [1.807, 2.05) is 0 Å². The summed E-state index contributed by atoms with van der Waals surface area (Å²) in [6.45, 7) is 1.87. The van der Waals surface area contributed by atoms with E-state index in [1.54, 1.807) is 0 Å². The summed E-state index contributed by atoms with van der Waals surface area (Å²) in [6.07, 6.45) is 1.02. The number of non-ortho nitro benzene ring substituents is 1. The molecule has 0 spiro atoms. The zero-order chi connectivity index (χ0) is 15.6. The van der Waals surface area contributed by atoms with Crippen molar-refractivity contribution in [1.29, 1.82) is 0 Å². The number of likely N-dealkylation sites (tertiary alicyclic amines) is 1. The second-order valence-electron chi connectivity index (χ2n) is 5.07. The van der Waals surface area contributed by atoms with Crippen LogP contribution in [-0.4, -0.2) is 39.0 Å². The van der Waals surface area contributed by atoms with Gasteiger partial charge in [-0.3, -0.25) is 10.1 Å². The normalized spacial score (nSPS) is 21.1. The van der Waals surface area contributed by atoms with Gasteiger partial charge in [0.2, 0.25) is 0 Å². The summed E-state index contributed by atoms with van der Waals surface area (Å²) in [6, 6.07) is 4.84. The number of anilines is 1. The molecule has 2 N–H and O–H groups in total. The third-order valence-electron chi connectivity index (χ3n) is 3.68. The molecule has 21 heavy (non-hydrogen) atoms. The van der Waals surface area contributed by atoms with Crippen LogP contribution in [0.4, 0.5) is 16.2 Å². The lowest BCUT2D eigenvalue weighted by atomic mass is 10.00. The molecular formula is C13H15N3O5. The van der Waals surface area contributed by atoms with Gasteiger partial charge in [0, 0.05) is 24.4 Å². The predicted octanol–water partition coefficient (Wildman–Crippen LogP) is 2.07. The molecule has 0 saturated carbocycles. The maximum Gasteiger partial charge on any atom is 0.329 e. The molecule has 8 heteroatoms. The fourth-order valence-electron chi connectivity index (χ4n) is 2.37. The topological polar surface area (TPSA) is 113 Å². The van der Waals surface area contributed by atoms with E-state index in [4.69, 9.17) is 0 Å². The lowest BCUT2D eigenvalue weighted by molar-refractivity contribution is -0.384. The monoisotopic (exact) mass is 293 g/mol. The van der Waals surface area contributed by atoms with Crippen molar-refractivity contribution in [3.05, 3.63) is 34.4 Å². The molecule has 1 saturated heterocycles. The molecule has 1 aliphatic rings. The number of nitro groups is 1. The highest BCUT2D eigenvalue weighted by Crippen LogP contribution is 2.30. The number of nitrogens with zero attached hydrogens (tertiary/aromatic N) is 2. The quantitative estimate of drug-likeness (QED) is 0.654. The van der Waals surface area contributed by atoms with Crippen LogP contribution in [0.5, 0.6) is 0 Å². The molecule has 8 nitrogen and oxygen atoms in total. The summed E-state index contributed by atoms with van der Waals surface area (Å²) in [5, 5.41) is 22.4. The summed E-state index contributed by atoms with van der Waals surface area (Å²) in [5.41, 5.74) is -0.917. The molecule has 0 aromatic heterocycles. The van der Waals surface area contributed by atoms with E-state index in [0.717, 1.165) is 0 Å². The van der Waals surface area contributed by atoms with Gasteiger partial charge in [-0.1, -0.05) is 0 Å². The van der Waals surface area contributed by atoms with Gasteiger partial charge in [0.1, 0.15) is 5.54 Å². The van der Waals surface area contributed by atoms with Gasteiger partial charge in [-0.2, -0.15) is 0 Å². The van der Waals surface area contributed by atoms with E-state index in [9.17, 15) is 24.8 Å². The largest absolute Gasteiger partial charge is 0.480 e. The molecule has 1 atom stereocenters. The van der Waals surface area contributed by atoms with Crippen LogP contribution in [0.1, 0.15) is 19.8 Å². The molecular weight excluding hydrogens is 278 g/mol. The Morgan fingerprint density at radius 3 is 2.52 bits per heavy atom. The SMILES string of the molecule is CC1(C(=O)O)CCCN1C(=O)Nc1ccc([N+](=O)[O-])cc1. The van der Waals surface area contributed by atoms with Gasteiger partial charge in [0.15, 0.2) is 0 Å². The number of urea groups is 1. The molecule has 0 aliphatic carbocycles. The van der Waals surface area contributed by atoms with Gasteiger partial charge < -0.3 is 15.3 Å². The summed E-state index contributed by atoms with van der Waals surface area (Å²) in [5.74, 6) is -1.04. The first-order valence-electron chi connectivity index (χ1n) is 6.41. The minimum Gasteiger partial charge on any atom is -0.480 e. The number of aliphatic carboxylic acids is 1. The highest BCUT2D eigenvalue weighted by Gasteiger charge is 2.46. The fraction of sp³-hybridized carbons (Fsp3) is 0.385. The van der Waals surface area contributed by atoms with Crippen LogP contribution in [0.25, 0.3) is 0 Å². The number of benzene rings is 1. The van der Waals surface area contributed by atoms with Crippen molar-refractivity contribution in [1.82, 2.24) is 4.90 Å². The molecule has 2 rings (SSSR count). The van der Waals surface area contributed by atoms with Crippen LogP contribution in [-0.2, 0) is 4.79 Å². The van der Waals surface area contributed by atoms with E-state index in [2.05, 4.69) is 5.32 Å². The van der Waals surface area contributed by atoms with Gasteiger partial charge >= 0.3 is 12.0 Å². The summed E-state index contributed by atoms with van der Waals surface area (Å²) >= 11 is 0. The molecule has 0 bridgehead atoms. The smallest absolute Gasteiger partial charge is 0.329 e. The first-order chi connectivity index (χ1) is 9.84. The summed E-state index contributed by atoms with van der Waals surface area (Å²) < 4.78 is 0. The van der Waals surface area contributed by atoms with Gasteiger partial charge in [-0.15, -0.1) is 0 Å². The number of hydrogen-bond donors (Lipinski definition) is 2. The Morgan fingerprint density at radius 2 is 2.00 bits per heavy atom. The van der Waals surface area contributed by atoms with Gasteiger partial charge in [-0.25, -0.2) is 9.59 Å². The lowest BCUT2D eigenvalue weighted by Crippen LogP contribution is -2.52. The first kappa shape index (κ1) is 14.8. The Labute approximate surface area is 120 Å². The molecule has 1 unspecified atom stereocenters. The van der Waals surface area contributed by atoms with Crippen LogP contribution in [0.15, 0.2) is 24.3 Å². The molecule has 1 heterocycles. The highest BCUT2D eigenvalue weighted by atomic mass is 16.6. The number of carbonyl (C=O) groups excluding carboxylic acids is 1. The third-order valence-corrected chi connectivity index (χ3v) is 3.68. The zero-order valence-corrected chi connectivity index (χ0v) is 11.4. The minimum absolute atomic E-state index is 0.0791. The van der Waals surface area contributed by atoms with Crippen molar-refractivity contribution >= 4 is 23.4 Å². The van der Waals surface area contributed by atoms with Gasteiger partial charge in [0.05, 0.1) is 4.92 Å². The number of carbonyl (C=O) groups is 2. The standard InChI is InChI=1S/C13H15N3O5/c1-13(11(17)18)7-2-8-15(13)12(19)14-9-3-5-10(6-4-9)16(20)21/h3-6H,2,7-8H2,1H3,(H,14,19)(H,17,18). The molecule has 0 radical (unpaired) electrons. The van der Waals surface area contributed by atoms with E-state index in [-0.39, 0.29) is 5.69 Å². The van der Waals surface area contributed by atoms with Crippen molar-refractivity contribution in [3.63, 3.8) is 0 Å². The number of nitrogens with one attached hydrogen (secondary N) is 1. The molecule has 1 fully saturated rings. The lowest BCUT2D eigenvalue weighted by Gasteiger charge is -2.31. The number of amides is 2. The molecule has 2 amide bonds. The second-order valence-corrected chi connectivity index (χ2v) is 5.07. The summed E-state index contributed by atoms with van der Waals surface area (Å²) in [7, 11) is 0. The average molecular weight is 293 g/mol. The van der Waals surface area contributed by atoms with Crippen molar-refractivity contribution in [2.24, 2.45) is 0 Å². The maximum atomic E-state index is 12.2.